The van der Waals surface area contributed by atoms with E-state index >= 15 is 0 Å². The Morgan fingerprint density at radius 2 is 1.83 bits per heavy atom. The van der Waals surface area contributed by atoms with E-state index in [4.69, 9.17) is 4.74 Å². The van der Waals surface area contributed by atoms with Gasteiger partial charge in [0.05, 0.1) is 7.11 Å². The summed E-state index contributed by atoms with van der Waals surface area (Å²) in [5.41, 5.74) is 0.969. The third-order valence-electron chi connectivity index (χ3n) is 4.30. The van der Waals surface area contributed by atoms with Gasteiger partial charge in [-0.1, -0.05) is 26.0 Å². The number of carbonyl (C=O) groups excluding carboxylic acids is 2. The molecule has 1 saturated heterocycles. The van der Waals surface area contributed by atoms with Crippen LogP contribution in [0.3, 0.4) is 0 Å². The van der Waals surface area contributed by atoms with E-state index in [9.17, 15) is 9.59 Å². The fourth-order valence-corrected chi connectivity index (χ4v) is 2.58. The van der Waals surface area contributed by atoms with Crippen LogP contribution in [-0.2, 0) is 10.2 Å². The van der Waals surface area contributed by atoms with Gasteiger partial charge in [-0.3, -0.25) is 4.79 Å². The highest BCUT2D eigenvalue weighted by Crippen LogP contribution is 2.24. The number of amides is 3. The van der Waals surface area contributed by atoms with Crippen LogP contribution in [0.1, 0.15) is 19.4 Å². The molecule has 0 spiro atoms. The number of methoxy groups -OCH3 is 1. The van der Waals surface area contributed by atoms with Crippen LogP contribution in [0.5, 0.6) is 5.75 Å². The maximum atomic E-state index is 12.3. The van der Waals surface area contributed by atoms with Gasteiger partial charge < -0.3 is 19.9 Å². The van der Waals surface area contributed by atoms with Crippen molar-refractivity contribution in [1.82, 2.24) is 15.1 Å². The second kappa shape index (κ2) is 7.35. The monoisotopic (exact) mass is 319 g/mol. The zero-order chi connectivity index (χ0) is 16.9. The molecule has 6 heteroatoms. The van der Waals surface area contributed by atoms with Gasteiger partial charge in [0, 0.05) is 38.1 Å². The second-order valence-corrected chi connectivity index (χ2v) is 6.40. The minimum absolute atomic E-state index is 0.0721. The third kappa shape index (κ3) is 4.37. The van der Waals surface area contributed by atoms with Gasteiger partial charge in [0.25, 0.3) is 0 Å². The number of hydrogen-bond donors (Lipinski definition) is 1. The molecule has 1 aliphatic heterocycles. The number of rotatable bonds is 5. The van der Waals surface area contributed by atoms with Crippen molar-refractivity contribution in [3.8, 4) is 5.75 Å². The summed E-state index contributed by atoms with van der Waals surface area (Å²) in [6.45, 7) is 7.09. The highest BCUT2D eigenvalue weighted by molar-refractivity contribution is 5.74. The predicted molar refractivity (Wildman–Crippen MR) is 88.6 cm³/mol. The Bertz CT molecular complexity index is 535. The first-order valence-electron chi connectivity index (χ1n) is 7.83. The van der Waals surface area contributed by atoms with Crippen LogP contribution in [0.2, 0.25) is 0 Å². The van der Waals surface area contributed by atoms with Crippen molar-refractivity contribution in [2.75, 3.05) is 39.8 Å². The van der Waals surface area contributed by atoms with Crippen LogP contribution >= 0.6 is 0 Å². The molecular formula is C17H25N3O3. The summed E-state index contributed by atoms with van der Waals surface area (Å²) in [7, 11) is 1.64. The van der Waals surface area contributed by atoms with E-state index in [1.165, 1.54) is 0 Å². The molecule has 1 aromatic rings. The first-order valence-corrected chi connectivity index (χ1v) is 7.83. The summed E-state index contributed by atoms with van der Waals surface area (Å²) >= 11 is 0. The Kier molecular flexibility index (Phi) is 5.47. The summed E-state index contributed by atoms with van der Waals surface area (Å²) in [6.07, 6.45) is 0.835. The van der Waals surface area contributed by atoms with Crippen LogP contribution in [0, 0.1) is 0 Å². The molecule has 6 nitrogen and oxygen atoms in total. The van der Waals surface area contributed by atoms with Gasteiger partial charge in [-0.25, -0.2) is 4.79 Å². The number of urea groups is 1. The van der Waals surface area contributed by atoms with Crippen LogP contribution in [0.25, 0.3) is 0 Å². The number of carbonyl (C=O) groups is 2. The summed E-state index contributed by atoms with van der Waals surface area (Å²) in [4.78, 5) is 26.4. The molecule has 1 heterocycles. The van der Waals surface area contributed by atoms with Gasteiger partial charge in [-0.05, 0) is 17.7 Å². The molecule has 0 radical (unpaired) electrons. The molecule has 1 fully saturated rings. The lowest BCUT2D eigenvalue weighted by atomic mass is 9.84. The maximum Gasteiger partial charge on any atom is 0.317 e. The van der Waals surface area contributed by atoms with Gasteiger partial charge in [-0.2, -0.15) is 0 Å². The zero-order valence-corrected chi connectivity index (χ0v) is 14.0. The average molecular weight is 319 g/mol. The van der Waals surface area contributed by atoms with Gasteiger partial charge in [0.2, 0.25) is 6.41 Å². The lowest BCUT2D eigenvalue weighted by Gasteiger charge is -2.34. The van der Waals surface area contributed by atoms with Gasteiger partial charge >= 0.3 is 6.03 Å². The largest absolute Gasteiger partial charge is 0.497 e. The first kappa shape index (κ1) is 17.1. The fraction of sp³-hybridized carbons (Fsp3) is 0.529. The first-order chi connectivity index (χ1) is 11.0. The lowest BCUT2D eigenvalue weighted by Crippen LogP contribution is -2.52. The predicted octanol–water partition coefficient (Wildman–Crippen LogP) is 1.46. The van der Waals surface area contributed by atoms with Crippen molar-refractivity contribution in [1.29, 1.82) is 0 Å². The Morgan fingerprint density at radius 1 is 1.22 bits per heavy atom. The highest BCUT2D eigenvalue weighted by Gasteiger charge is 2.24. The van der Waals surface area contributed by atoms with Crippen molar-refractivity contribution < 1.29 is 14.3 Å². The van der Waals surface area contributed by atoms with E-state index < -0.39 is 0 Å². The van der Waals surface area contributed by atoms with E-state index in [-0.39, 0.29) is 11.4 Å². The molecule has 0 unspecified atom stereocenters. The number of hydrogen-bond acceptors (Lipinski definition) is 3. The second-order valence-electron chi connectivity index (χ2n) is 6.40. The smallest absolute Gasteiger partial charge is 0.317 e. The standard InChI is InChI=1S/C17H25N3O3/c1-17(2,14-4-6-15(23-3)7-5-14)12-18-16(22)20-10-8-19(13-21)9-11-20/h4-7,13H,8-12H2,1-3H3,(H,18,22). The van der Waals surface area contributed by atoms with Crippen LogP contribution in [-0.4, -0.2) is 62.1 Å². The Labute approximate surface area is 137 Å². The minimum Gasteiger partial charge on any atom is -0.497 e. The molecule has 3 amide bonds. The summed E-state index contributed by atoms with van der Waals surface area (Å²) in [5, 5.41) is 3.00. The number of piperazine rings is 1. The van der Waals surface area contributed by atoms with Crippen molar-refractivity contribution in [2.24, 2.45) is 0 Å². The van der Waals surface area contributed by atoms with E-state index in [0.29, 0.717) is 32.7 Å². The Morgan fingerprint density at radius 3 is 2.35 bits per heavy atom. The summed E-state index contributed by atoms with van der Waals surface area (Å²) in [5.74, 6) is 0.821. The Hall–Kier alpha value is -2.24. The topological polar surface area (TPSA) is 61.9 Å². The van der Waals surface area contributed by atoms with Crippen molar-refractivity contribution in [3.63, 3.8) is 0 Å². The molecule has 126 valence electrons. The molecule has 23 heavy (non-hydrogen) atoms. The molecule has 0 aliphatic carbocycles. The molecule has 1 aliphatic rings. The molecule has 2 rings (SSSR count). The molecule has 0 bridgehead atoms. The van der Waals surface area contributed by atoms with Crippen LogP contribution in [0.4, 0.5) is 4.79 Å². The summed E-state index contributed by atoms with van der Waals surface area (Å²) < 4.78 is 5.17. The highest BCUT2D eigenvalue weighted by atomic mass is 16.5. The molecule has 0 aromatic heterocycles. The van der Waals surface area contributed by atoms with E-state index in [2.05, 4.69) is 19.2 Å². The fourth-order valence-electron chi connectivity index (χ4n) is 2.58. The Balaban J connectivity index is 1.88. The van der Waals surface area contributed by atoms with Crippen LogP contribution < -0.4 is 10.1 Å². The van der Waals surface area contributed by atoms with Gasteiger partial charge in [0.1, 0.15) is 5.75 Å². The molecule has 1 N–H and O–H groups in total. The number of benzene rings is 1. The quantitative estimate of drug-likeness (QED) is 0.836. The van der Waals surface area contributed by atoms with E-state index in [1.54, 1.807) is 16.9 Å². The normalized spacial score (nSPS) is 15.3. The molecular weight excluding hydrogens is 294 g/mol. The lowest BCUT2D eigenvalue weighted by molar-refractivity contribution is -0.119. The third-order valence-corrected chi connectivity index (χ3v) is 4.30. The van der Waals surface area contributed by atoms with Gasteiger partial charge in [0.15, 0.2) is 0 Å². The summed E-state index contributed by atoms with van der Waals surface area (Å²) in [6, 6.07) is 7.83. The SMILES string of the molecule is COc1ccc(C(C)(C)CNC(=O)N2CCN(C=O)CC2)cc1. The maximum absolute atomic E-state index is 12.3. The van der Waals surface area contributed by atoms with E-state index in [0.717, 1.165) is 17.7 Å². The van der Waals surface area contributed by atoms with Crippen molar-refractivity contribution in [3.05, 3.63) is 29.8 Å². The minimum atomic E-state index is -0.174. The van der Waals surface area contributed by atoms with E-state index in [1.807, 2.05) is 24.3 Å². The van der Waals surface area contributed by atoms with Gasteiger partial charge in [-0.15, -0.1) is 0 Å². The zero-order valence-electron chi connectivity index (χ0n) is 14.0. The van der Waals surface area contributed by atoms with Crippen LogP contribution in [0.15, 0.2) is 24.3 Å². The van der Waals surface area contributed by atoms with Crippen molar-refractivity contribution >= 4 is 12.4 Å². The van der Waals surface area contributed by atoms with Crippen molar-refractivity contribution in [2.45, 2.75) is 19.3 Å². The average Bonchev–Trinajstić information content (AvgIpc) is 2.60. The molecule has 0 saturated carbocycles. The number of ether oxygens (including phenoxy) is 1. The number of nitrogens with zero attached hydrogens (tertiary/aromatic N) is 2. The molecule has 0 atom stereocenters. The molecule has 1 aromatic carbocycles. The number of nitrogens with one attached hydrogen (secondary N) is 1.